The number of ether oxygens (including phenoxy) is 1. The van der Waals surface area contributed by atoms with E-state index >= 15 is 0 Å². The minimum Gasteiger partial charge on any atom is -0.482 e. The van der Waals surface area contributed by atoms with Crippen LogP contribution in [0.3, 0.4) is 0 Å². The van der Waals surface area contributed by atoms with E-state index in [1.54, 1.807) is 6.92 Å². The van der Waals surface area contributed by atoms with E-state index in [0.29, 0.717) is 0 Å². The van der Waals surface area contributed by atoms with Crippen LogP contribution in [-0.2, 0) is 4.79 Å². The summed E-state index contributed by atoms with van der Waals surface area (Å²) in [4.78, 5) is 21.9. The second kappa shape index (κ2) is 6.20. The molecule has 1 aliphatic rings. The first-order valence-electron chi connectivity index (χ1n) is 6.65. The molecule has 0 unspecified atom stereocenters. The summed E-state index contributed by atoms with van der Waals surface area (Å²) in [6.45, 7) is 1.36. The van der Waals surface area contributed by atoms with Gasteiger partial charge in [0.05, 0.1) is 16.0 Å². The van der Waals surface area contributed by atoms with E-state index in [0.717, 1.165) is 18.9 Å². The predicted molar refractivity (Wildman–Crippen MR) is 78.5 cm³/mol. The van der Waals surface area contributed by atoms with Gasteiger partial charge >= 0.3 is 0 Å². The van der Waals surface area contributed by atoms with E-state index < -0.39 is 16.4 Å². The largest absolute Gasteiger partial charge is 0.482 e. The van der Waals surface area contributed by atoms with Crippen LogP contribution >= 0.6 is 11.6 Å². The smallest absolute Gasteiger partial charge is 0.271 e. The van der Waals surface area contributed by atoms with E-state index in [1.165, 1.54) is 12.1 Å². The summed E-state index contributed by atoms with van der Waals surface area (Å²) < 4.78 is 5.25. The standard InChI is InChI=1S/C14H14ClN3O4/c1-14(8-16,9-2-3-9)17-13(19)7-22-12-5-4-10(18(20)21)6-11(12)15/h4-6,9H,2-3,7H2,1H3,(H,17,19)/t14-/m0/s1. The second-order valence-corrected chi connectivity index (χ2v) is 5.70. The molecule has 1 atom stereocenters. The zero-order chi connectivity index (χ0) is 16.3. The highest BCUT2D eigenvalue weighted by Crippen LogP contribution is 2.39. The molecule has 1 aliphatic carbocycles. The molecule has 0 bridgehead atoms. The fourth-order valence-electron chi connectivity index (χ4n) is 2.07. The van der Waals surface area contributed by atoms with Crippen molar-refractivity contribution in [2.24, 2.45) is 5.92 Å². The lowest BCUT2D eigenvalue weighted by atomic mass is 9.98. The van der Waals surface area contributed by atoms with E-state index in [1.807, 2.05) is 0 Å². The Morgan fingerprint density at radius 1 is 1.64 bits per heavy atom. The molecule has 1 aromatic carbocycles. The molecule has 0 radical (unpaired) electrons. The van der Waals surface area contributed by atoms with Crippen molar-refractivity contribution in [1.82, 2.24) is 5.32 Å². The molecule has 1 aromatic rings. The van der Waals surface area contributed by atoms with Crippen molar-refractivity contribution < 1.29 is 14.5 Å². The summed E-state index contributed by atoms with van der Waals surface area (Å²) in [5.41, 5.74) is -1.05. The summed E-state index contributed by atoms with van der Waals surface area (Å²) in [5, 5.41) is 22.5. The predicted octanol–water partition coefficient (Wildman–Crippen LogP) is 2.44. The number of nitriles is 1. The number of hydrogen-bond donors (Lipinski definition) is 1. The van der Waals surface area contributed by atoms with Crippen LogP contribution in [0.4, 0.5) is 5.69 Å². The zero-order valence-corrected chi connectivity index (χ0v) is 12.6. The number of carbonyl (C=O) groups excluding carboxylic acids is 1. The molecule has 1 fully saturated rings. The zero-order valence-electron chi connectivity index (χ0n) is 11.8. The topological polar surface area (TPSA) is 105 Å². The van der Waals surface area contributed by atoms with Crippen molar-refractivity contribution in [3.05, 3.63) is 33.3 Å². The highest BCUT2D eigenvalue weighted by molar-refractivity contribution is 6.32. The number of amides is 1. The van der Waals surface area contributed by atoms with Crippen LogP contribution in [0.25, 0.3) is 0 Å². The summed E-state index contributed by atoms with van der Waals surface area (Å²) >= 11 is 5.86. The fourth-order valence-corrected chi connectivity index (χ4v) is 2.30. The minimum atomic E-state index is -0.889. The third-order valence-corrected chi connectivity index (χ3v) is 3.81. The molecule has 22 heavy (non-hydrogen) atoms. The molecular weight excluding hydrogens is 310 g/mol. The number of nitrogens with zero attached hydrogens (tertiary/aromatic N) is 2. The van der Waals surface area contributed by atoms with Crippen molar-refractivity contribution in [3.63, 3.8) is 0 Å². The van der Waals surface area contributed by atoms with Crippen LogP contribution < -0.4 is 10.1 Å². The van der Waals surface area contributed by atoms with Crippen LogP contribution in [0.2, 0.25) is 5.02 Å². The van der Waals surface area contributed by atoms with Gasteiger partial charge in [-0.2, -0.15) is 5.26 Å². The van der Waals surface area contributed by atoms with Gasteiger partial charge in [0, 0.05) is 12.1 Å². The summed E-state index contributed by atoms with van der Waals surface area (Å²) in [5.74, 6) is -0.0951. The fraction of sp³-hybridized carbons (Fsp3) is 0.429. The van der Waals surface area contributed by atoms with Gasteiger partial charge in [-0.25, -0.2) is 0 Å². The molecule has 1 saturated carbocycles. The Hall–Kier alpha value is -2.33. The van der Waals surface area contributed by atoms with Crippen LogP contribution in [0, 0.1) is 27.4 Å². The Morgan fingerprint density at radius 3 is 2.82 bits per heavy atom. The molecule has 1 N–H and O–H groups in total. The maximum atomic E-state index is 11.9. The number of hydrogen-bond acceptors (Lipinski definition) is 5. The third-order valence-electron chi connectivity index (χ3n) is 3.51. The molecule has 0 spiro atoms. The lowest BCUT2D eigenvalue weighted by Crippen LogP contribution is -2.48. The minimum absolute atomic E-state index is 0.0484. The van der Waals surface area contributed by atoms with E-state index in [2.05, 4.69) is 11.4 Å². The van der Waals surface area contributed by atoms with Crippen LogP contribution in [0.5, 0.6) is 5.75 Å². The number of nitrogens with one attached hydrogen (secondary N) is 1. The van der Waals surface area contributed by atoms with E-state index in [4.69, 9.17) is 21.6 Å². The summed E-state index contributed by atoms with van der Waals surface area (Å²) in [6.07, 6.45) is 1.83. The number of carbonyl (C=O) groups is 1. The van der Waals surface area contributed by atoms with E-state index in [-0.39, 0.29) is 29.0 Å². The van der Waals surface area contributed by atoms with Crippen molar-refractivity contribution in [2.45, 2.75) is 25.3 Å². The van der Waals surface area contributed by atoms with Crippen LogP contribution in [-0.4, -0.2) is 23.0 Å². The Kier molecular flexibility index (Phi) is 4.52. The molecule has 0 aliphatic heterocycles. The highest BCUT2D eigenvalue weighted by atomic mass is 35.5. The van der Waals surface area contributed by atoms with Crippen LogP contribution in [0.1, 0.15) is 19.8 Å². The SMILES string of the molecule is C[C@@](C#N)(NC(=O)COc1ccc([N+](=O)[O-])cc1Cl)C1CC1. The molecular formula is C14H14ClN3O4. The van der Waals surface area contributed by atoms with Crippen molar-refractivity contribution >= 4 is 23.2 Å². The van der Waals surface area contributed by atoms with Crippen molar-refractivity contribution in [1.29, 1.82) is 5.26 Å². The highest BCUT2D eigenvalue weighted by Gasteiger charge is 2.43. The molecule has 116 valence electrons. The van der Waals surface area contributed by atoms with Gasteiger partial charge in [0.25, 0.3) is 11.6 Å². The van der Waals surface area contributed by atoms with Crippen LogP contribution in [0.15, 0.2) is 18.2 Å². The van der Waals surface area contributed by atoms with E-state index in [9.17, 15) is 14.9 Å². The van der Waals surface area contributed by atoms with Gasteiger partial charge in [-0.15, -0.1) is 0 Å². The average molecular weight is 324 g/mol. The van der Waals surface area contributed by atoms with Crippen molar-refractivity contribution in [2.75, 3.05) is 6.61 Å². The first kappa shape index (κ1) is 16.0. The Bertz CT molecular complexity index is 654. The number of non-ortho nitro benzene ring substituents is 1. The molecule has 1 amide bonds. The van der Waals surface area contributed by atoms with Gasteiger partial charge in [-0.3, -0.25) is 14.9 Å². The number of rotatable bonds is 6. The maximum Gasteiger partial charge on any atom is 0.271 e. The first-order chi connectivity index (χ1) is 10.4. The van der Waals surface area contributed by atoms with Gasteiger partial charge < -0.3 is 10.1 Å². The lowest BCUT2D eigenvalue weighted by Gasteiger charge is -2.22. The van der Waals surface area contributed by atoms with Crippen molar-refractivity contribution in [3.8, 4) is 11.8 Å². The molecule has 0 aromatic heterocycles. The van der Waals surface area contributed by atoms with Gasteiger partial charge in [0.15, 0.2) is 6.61 Å². The number of nitro groups is 1. The summed E-state index contributed by atoms with van der Waals surface area (Å²) in [6, 6.07) is 5.83. The molecule has 0 heterocycles. The number of benzene rings is 1. The Labute approximate surface area is 132 Å². The van der Waals surface area contributed by atoms with Gasteiger partial charge in [-0.1, -0.05) is 11.6 Å². The van der Waals surface area contributed by atoms with Gasteiger partial charge in [-0.05, 0) is 31.7 Å². The first-order valence-corrected chi connectivity index (χ1v) is 7.02. The quantitative estimate of drug-likeness (QED) is 0.639. The molecule has 2 rings (SSSR count). The molecule has 7 nitrogen and oxygen atoms in total. The summed E-state index contributed by atoms with van der Waals surface area (Å²) in [7, 11) is 0. The lowest BCUT2D eigenvalue weighted by molar-refractivity contribution is -0.384. The molecule has 0 saturated heterocycles. The third kappa shape index (κ3) is 3.65. The second-order valence-electron chi connectivity index (χ2n) is 5.30. The van der Waals surface area contributed by atoms with Gasteiger partial charge in [0.2, 0.25) is 0 Å². The maximum absolute atomic E-state index is 11.9. The Morgan fingerprint density at radius 2 is 2.32 bits per heavy atom. The normalized spacial score (nSPS) is 16.2. The monoisotopic (exact) mass is 323 g/mol. The number of nitro benzene ring substituents is 1. The average Bonchev–Trinajstić information content (AvgIpc) is 3.30. The number of halogens is 1. The molecule has 8 heteroatoms. The van der Waals surface area contributed by atoms with Gasteiger partial charge in [0.1, 0.15) is 11.3 Å². The Balaban J connectivity index is 1.94.